The fourth-order valence-corrected chi connectivity index (χ4v) is 5.38. The minimum atomic E-state index is -3.94. The van der Waals surface area contributed by atoms with E-state index in [0.29, 0.717) is 12.2 Å². The molecule has 0 aliphatic rings. The maximum atomic E-state index is 13.5. The maximum absolute atomic E-state index is 13.5. The number of amides is 1. The Balaban J connectivity index is 3.48. The standard InChI is InChI=1S/C18H29N2O5S.CH2.Tl/c1-13(2)10-11-20(16(17(21)19-22)18(3,4)5)26(23,24)15-9-7-8-14(12-15)25-6;;/h7-9,12-13,16H,10-11H2,1-6H3,(H-,19,21,22);1H2;/q-1;;+1/t16-;;/m0../s1. The van der Waals surface area contributed by atoms with Crippen LogP contribution in [0.25, 0.3) is 0 Å². The van der Waals surface area contributed by atoms with Crippen molar-refractivity contribution >= 4 is 44.2 Å². The van der Waals surface area contributed by atoms with E-state index in [1.54, 1.807) is 12.1 Å². The quantitative estimate of drug-likeness (QED) is 0.328. The van der Waals surface area contributed by atoms with E-state index >= 15 is 0 Å². The van der Waals surface area contributed by atoms with Crippen LogP contribution >= 0.6 is 0 Å². The number of methoxy groups -OCH3 is 1. The van der Waals surface area contributed by atoms with Crippen molar-refractivity contribution < 1.29 is 20.7 Å². The predicted octanol–water partition coefficient (Wildman–Crippen LogP) is 2.25. The van der Waals surface area contributed by atoms with Crippen LogP contribution in [0.2, 0.25) is 0 Å². The van der Waals surface area contributed by atoms with E-state index in [-0.39, 0.29) is 17.4 Å². The molecule has 0 fully saturated rings. The summed E-state index contributed by atoms with van der Waals surface area (Å²) in [5.74, 6) is 0.248. The first kappa shape index (κ1) is 25.2. The Kier molecular flexibility index (Phi) is 9.71. The van der Waals surface area contributed by atoms with Gasteiger partial charge < -0.3 is 0 Å². The summed E-state index contributed by atoms with van der Waals surface area (Å²) in [4.78, 5) is 13.0. The second kappa shape index (κ2) is 10.8. The van der Waals surface area contributed by atoms with Gasteiger partial charge in [-0.1, -0.05) is 0 Å². The Morgan fingerprint density at radius 2 is 1.96 bits per heavy atom. The number of benzene rings is 1. The summed E-state index contributed by atoms with van der Waals surface area (Å²) in [6.45, 7) is 9.78. The number of ether oxygens (including phenoxy) is 1. The predicted molar refractivity (Wildman–Crippen MR) is 112 cm³/mol. The molecule has 0 spiro atoms. The molecule has 7 nitrogen and oxygen atoms in total. The van der Waals surface area contributed by atoms with Crippen molar-refractivity contribution in [3.8, 4) is 5.75 Å². The van der Waals surface area contributed by atoms with Crippen molar-refractivity contribution in [1.29, 1.82) is 0 Å². The number of sulfonamides is 1. The van der Waals surface area contributed by atoms with Gasteiger partial charge in [0, 0.05) is 0 Å². The first-order valence-electron chi connectivity index (χ1n) is 9.17. The van der Waals surface area contributed by atoms with Crippen LogP contribution in [0.3, 0.4) is 0 Å². The molecule has 0 unspecified atom stereocenters. The number of carbonyl (C=O) groups is 1. The van der Waals surface area contributed by atoms with Crippen LogP contribution in [0.4, 0.5) is 0 Å². The van der Waals surface area contributed by atoms with Gasteiger partial charge in [-0.2, -0.15) is 0 Å². The van der Waals surface area contributed by atoms with E-state index in [1.807, 2.05) is 34.6 Å². The molecule has 1 atom stereocenters. The molecule has 0 heterocycles. The van der Waals surface area contributed by atoms with E-state index in [0.717, 1.165) is 0 Å². The van der Waals surface area contributed by atoms with E-state index in [1.165, 1.54) is 23.5 Å². The molecule has 28 heavy (non-hydrogen) atoms. The number of hydrogen-bond donors (Lipinski definition) is 1. The number of hydrogen-bond acceptors (Lipinski definition) is 5. The fourth-order valence-electron chi connectivity index (χ4n) is 2.78. The van der Waals surface area contributed by atoms with Crippen LogP contribution in [-0.2, 0) is 17.6 Å². The topological polar surface area (TPSA) is 84.9 Å². The Hall–Kier alpha value is -0.848. The molecule has 0 bridgehead atoms. The van der Waals surface area contributed by atoms with Gasteiger partial charge in [0.05, 0.1) is 0 Å². The van der Waals surface area contributed by atoms with Gasteiger partial charge >= 0.3 is 182 Å². The summed E-state index contributed by atoms with van der Waals surface area (Å²) in [6, 6.07) is 5.36. The molecule has 156 valence electrons. The van der Waals surface area contributed by atoms with Gasteiger partial charge in [-0.05, 0) is 0 Å². The molecular weight excluding hydrogens is 573 g/mol. The average molecular weight is 604 g/mol. The third kappa shape index (κ3) is 6.89. The molecule has 1 amide bonds. The Morgan fingerprint density at radius 3 is 2.46 bits per heavy atom. The fraction of sp³-hybridized carbons (Fsp3) is 0.579. The molecule has 1 N–H and O–H groups in total. The molecule has 1 aromatic rings. The van der Waals surface area contributed by atoms with Crippen molar-refractivity contribution in [2.75, 3.05) is 13.7 Å². The number of hydroxylamine groups is 1. The van der Waals surface area contributed by atoms with Crippen LogP contribution < -0.4 is 10.2 Å². The van der Waals surface area contributed by atoms with Gasteiger partial charge in [-0.15, -0.1) is 0 Å². The summed E-state index contributed by atoms with van der Waals surface area (Å²) < 4.78 is 42.4. The van der Waals surface area contributed by atoms with Crippen LogP contribution in [0.1, 0.15) is 41.0 Å². The zero-order valence-corrected chi connectivity index (χ0v) is 22.9. The second-order valence-electron chi connectivity index (χ2n) is 8.00. The average Bonchev–Trinajstić information content (AvgIpc) is 2.61. The summed E-state index contributed by atoms with van der Waals surface area (Å²) in [6.07, 6.45) is 0.623. The van der Waals surface area contributed by atoms with Gasteiger partial charge in [0.15, 0.2) is 0 Å². The van der Waals surface area contributed by atoms with Gasteiger partial charge in [0.1, 0.15) is 0 Å². The SMILES string of the molecule is [CH2]=[Tl][O]NC(=O)[C@H](N(CCC(C)C)S(=O)(=O)c1cccc(OC)c1)C(C)(C)C. The Bertz CT molecular complexity index is 775. The van der Waals surface area contributed by atoms with Crippen LogP contribution in [0, 0.1) is 11.3 Å². The molecule has 0 aliphatic heterocycles. The zero-order chi connectivity index (χ0) is 21.5. The third-order valence-electron chi connectivity index (χ3n) is 4.17. The molecule has 0 saturated heterocycles. The molecule has 0 aromatic heterocycles. The molecular formula is C19H31N2O5STl. The van der Waals surface area contributed by atoms with Crippen molar-refractivity contribution in [3.63, 3.8) is 0 Å². The summed E-state index contributed by atoms with van der Waals surface area (Å²) in [7, 11) is -2.46. The van der Waals surface area contributed by atoms with Gasteiger partial charge in [0.25, 0.3) is 0 Å². The van der Waals surface area contributed by atoms with E-state index < -0.39 is 51.6 Å². The van der Waals surface area contributed by atoms with Crippen molar-refractivity contribution in [2.45, 2.75) is 52.0 Å². The van der Waals surface area contributed by atoms with Crippen molar-refractivity contribution in [3.05, 3.63) is 24.3 Å². The molecule has 0 saturated carbocycles. The van der Waals surface area contributed by atoms with Crippen LogP contribution in [-0.4, -0.2) is 66.6 Å². The zero-order valence-electron chi connectivity index (χ0n) is 17.6. The number of nitrogens with zero attached hydrogens (tertiary/aromatic N) is 1. The molecule has 0 radical (unpaired) electrons. The normalized spacial score (nSPS) is 13.3. The molecule has 9 heteroatoms. The van der Waals surface area contributed by atoms with Crippen molar-refractivity contribution in [2.24, 2.45) is 11.3 Å². The number of rotatable bonds is 10. The first-order chi connectivity index (χ1) is 12.9. The van der Waals surface area contributed by atoms with Crippen LogP contribution in [0.5, 0.6) is 5.75 Å². The van der Waals surface area contributed by atoms with Gasteiger partial charge in [-0.3, -0.25) is 0 Å². The second-order valence-corrected chi connectivity index (χ2v) is 12.1. The Labute approximate surface area is 181 Å². The van der Waals surface area contributed by atoms with Gasteiger partial charge in [-0.25, -0.2) is 0 Å². The van der Waals surface area contributed by atoms with E-state index in [2.05, 4.69) is 9.54 Å². The summed E-state index contributed by atoms with van der Waals surface area (Å²) >= 11 is -1.69. The monoisotopic (exact) mass is 604 g/mol. The van der Waals surface area contributed by atoms with Gasteiger partial charge in [0.2, 0.25) is 0 Å². The number of nitrogens with one attached hydrogen (secondary N) is 1. The molecule has 1 rings (SSSR count). The third-order valence-corrected chi connectivity index (χ3v) is 7.14. The summed E-state index contributed by atoms with van der Waals surface area (Å²) in [5, 5.41) is 0. The molecule has 0 aliphatic carbocycles. The summed E-state index contributed by atoms with van der Waals surface area (Å²) in [5.41, 5.74) is 1.77. The minimum absolute atomic E-state index is 0.0924. The van der Waals surface area contributed by atoms with E-state index in [4.69, 9.17) is 7.52 Å². The first-order valence-corrected chi connectivity index (χ1v) is 15.6. The molecule has 1 aromatic carbocycles. The van der Waals surface area contributed by atoms with Crippen LogP contribution in [0.15, 0.2) is 29.2 Å². The number of carbonyl (C=O) groups excluding carboxylic acids is 1. The van der Waals surface area contributed by atoms with E-state index in [9.17, 15) is 13.2 Å². The van der Waals surface area contributed by atoms with Crippen molar-refractivity contribution in [1.82, 2.24) is 9.79 Å². The Morgan fingerprint density at radius 1 is 1.32 bits per heavy atom.